The average molecular weight is 199 g/mol. The fourth-order valence-corrected chi connectivity index (χ4v) is 1.86. The molecule has 0 amide bonds. The Morgan fingerprint density at radius 1 is 1.29 bits per heavy atom. The zero-order valence-electron chi connectivity index (χ0n) is 8.65. The first-order valence-electron chi connectivity index (χ1n) is 5.49. The molecule has 0 aromatic rings. The lowest BCUT2D eigenvalue weighted by Gasteiger charge is -2.21. The standard InChI is InChI=1S/C11H21NO2/c12-10(8-13)11(14)9-6-4-2-1-3-5-7-9/h6,10-11,13-14H,1-5,7-8,12H2/b9-6+/t10-,11+/m0/s1. The Morgan fingerprint density at radius 3 is 2.71 bits per heavy atom. The van der Waals surface area contributed by atoms with Crippen LogP contribution in [0.4, 0.5) is 0 Å². The summed E-state index contributed by atoms with van der Waals surface area (Å²) >= 11 is 0. The molecule has 82 valence electrons. The first-order chi connectivity index (χ1) is 6.75. The number of hydrogen-bond donors (Lipinski definition) is 3. The number of allylic oxidation sites excluding steroid dienone is 1. The van der Waals surface area contributed by atoms with Crippen LogP contribution in [0.3, 0.4) is 0 Å². The molecule has 1 aliphatic carbocycles. The van der Waals surface area contributed by atoms with E-state index < -0.39 is 12.1 Å². The molecule has 0 radical (unpaired) electrons. The van der Waals surface area contributed by atoms with E-state index in [0.717, 1.165) is 24.8 Å². The molecule has 3 heteroatoms. The van der Waals surface area contributed by atoms with Crippen LogP contribution in [-0.2, 0) is 0 Å². The van der Waals surface area contributed by atoms with Gasteiger partial charge in [-0.15, -0.1) is 0 Å². The number of nitrogens with two attached hydrogens (primary N) is 1. The topological polar surface area (TPSA) is 66.5 Å². The molecular formula is C11H21NO2. The minimum absolute atomic E-state index is 0.154. The quantitative estimate of drug-likeness (QED) is 0.593. The monoisotopic (exact) mass is 199 g/mol. The maximum Gasteiger partial charge on any atom is 0.0923 e. The van der Waals surface area contributed by atoms with E-state index in [4.69, 9.17) is 10.8 Å². The highest BCUT2D eigenvalue weighted by Gasteiger charge is 2.18. The molecule has 1 aliphatic rings. The van der Waals surface area contributed by atoms with Crippen LogP contribution in [0.2, 0.25) is 0 Å². The van der Waals surface area contributed by atoms with E-state index in [1.807, 2.05) is 0 Å². The van der Waals surface area contributed by atoms with Crippen LogP contribution in [-0.4, -0.2) is 29.0 Å². The summed E-state index contributed by atoms with van der Waals surface area (Å²) in [6.07, 6.45) is 8.24. The highest BCUT2D eigenvalue weighted by atomic mass is 16.3. The van der Waals surface area contributed by atoms with Crippen molar-refractivity contribution in [2.45, 2.75) is 50.7 Å². The van der Waals surface area contributed by atoms with Crippen molar-refractivity contribution in [2.75, 3.05) is 6.61 Å². The largest absolute Gasteiger partial charge is 0.395 e. The van der Waals surface area contributed by atoms with Gasteiger partial charge in [0.1, 0.15) is 0 Å². The number of aliphatic hydroxyl groups is 2. The Morgan fingerprint density at radius 2 is 2.00 bits per heavy atom. The maximum atomic E-state index is 9.81. The van der Waals surface area contributed by atoms with Gasteiger partial charge in [-0.2, -0.15) is 0 Å². The SMILES string of the molecule is N[C@@H](CO)[C@H](O)/C1=C/CCCCCC1. The van der Waals surface area contributed by atoms with Crippen molar-refractivity contribution in [3.05, 3.63) is 11.6 Å². The summed E-state index contributed by atoms with van der Waals surface area (Å²) in [6, 6.07) is -0.527. The molecule has 0 aromatic carbocycles. The highest BCUT2D eigenvalue weighted by Crippen LogP contribution is 2.20. The van der Waals surface area contributed by atoms with E-state index in [0.29, 0.717) is 0 Å². The summed E-state index contributed by atoms with van der Waals surface area (Å²) in [6.45, 7) is -0.154. The van der Waals surface area contributed by atoms with E-state index in [1.165, 1.54) is 19.3 Å². The minimum atomic E-state index is -0.655. The molecular weight excluding hydrogens is 178 g/mol. The van der Waals surface area contributed by atoms with Crippen molar-refractivity contribution in [3.63, 3.8) is 0 Å². The fourth-order valence-electron chi connectivity index (χ4n) is 1.86. The zero-order valence-corrected chi connectivity index (χ0v) is 8.65. The first-order valence-corrected chi connectivity index (χ1v) is 5.49. The predicted octanol–water partition coefficient (Wildman–Crippen LogP) is 0.947. The van der Waals surface area contributed by atoms with E-state index in [9.17, 15) is 5.11 Å². The van der Waals surface area contributed by atoms with Crippen LogP contribution < -0.4 is 5.73 Å². The van der Waals surface area contributed by atoms with Gasteiger partial charge in [0.05, 0.1) is 18.8 Å². The van der Waals surface area contributed by atoms with E-state index in [-0.39, 0.29) is 6.61 Å². The molecule has 0 aliphatic heterocycles. The Labute approximate surface area is 85.6 Å². The lowest BCUT2D eigenvalue weighted by molar-refractivity contribution is 0.132. The second-order valence-electron chi connectivity index (χ2n) is 4.02. The summed E-state index contributed by atoms with van der Waals surface area (Å²) in [7, 11) is 0. The van der Waals surface area contributed by atoms with Crippen LogP contribution >= 0.6 is 0 Å². The van der Waals surface area contributed by atoms with Gasteiger partial charge in [-0.25, -0.2) is 0 Å². The fraction of sp³-hybridized carbons (Fsp3) is 0.818. The molecule has 2 atom stereocenters. The van der Waals surface area contributed by atoms with Crippen LogP contribution in [0.25, 0.3) is 0 Å². The number of hydrogen-bond acceptors (Lipinski definition) is 3. The third-order valence-electron chi connectivity index (χ3n) is 2.82. The molecule has 3 nitrogen and oxygen atoms in total. The summed E-state index contributed by atoms with van der Waals surface area (Å²) in [5.74, 6) is 0. The van der Waals surface area contributed by atoms with Gasteiger partial charge >= 0.3 is 0 Å². The van der Waals surface area contributed by atoms with Crippen LogP contribution in [0, 0.1) is 0 Å². The summed E-state index contributed by atoms with van der Waals surface area (Å²) in [5, 5.41) is 18.7. The first kappa shape index (κ1) is 11.7. The molecule has 0 spiro atoms. The van der Waals surface area contributed by atoms with Crippen molar-refractivity contribution in [3.8, 4) is 0 Å². The molecule has 1 rings (SSSR count). The van der Waals surface area contributed by atoms with Gasteiger partial charge in [0.25, 0.3) is 0 Å². The Kier molecular flexibility index (Phi) is 5.15. The van der Waals surface area contributed by atoms with E-state index in [2.05, 4.69) is 6.08 Å². The third-order valence-corrected chi connectivity index (χ3v) is 2.82. The smallest absolute Gasteiger partial charge is 0.0923 e. The summed E-state index contributed by atoms with van der Waals surface area (Å²) in [5.41, 5.74) is 6.62. The summed E-state index contributed by atoms with van der Waals surface area (Å²) in [4.78, 5) is 0. The predicted molar refractivity (Wildman–Crippen MR) is 56.9 cm³/mol. The molecule has 14 heavy (non-hydrogen) atoms. The average Bonchev–Trinajstić information content (AvgIpc) is 2.15. The van der Waals surface area contributed by atoms with Gasteiger partial charge < -0.3 is 15.9 Å². The summed E-state index contributed by atoms with van der Waals surface area (Å²) < 4.78 is 0. The second kappa shape index (κ2) is 6.17. The number of rotatable bonds is 3. The van der Waals surface area contributed by atoms with Crippen molar-refractivity contribution in [1.29, 1.82) is 0 Å². The van der Waals surface area contributed by atoms with Gasteiger partial charge in [0, 0.05) is 0 Å². The van der Waals surface area contributed by atoms with Crippen LogP contribution in [0.15, 0.2) is 11.6 Å². The minimum Gasteiger partial charge on any atom is -0.395 e. The zero-order chi connectivity index (χ0) is 10.4. The van der Waals surface area contributed by atoms with Gasteiger partial charge in [0.2, 0.25) is 0 Å². The van der Waals surface area contributed by atoms with Crippen molar-refractivity contribution >= 4 is 0 Å². The third kappa shape index (κ3) is 3.40. The van der Waals surface area contributed by atoms with Gasteiger partial charge in [-0.05, 0) is 31.3 Å². The van der Waals surface area contributed by atoms with E-state index in [1.54, 1.807) is 0 Å². The molecule has 4 N–H and O–H groups in total. The maximum absolute atomic E-state index is 9.81. The van der Waals surface area contributed by atoms with Crippen LogP contribution in [0.1, 0.15) is 38.5 Å². The molecule has 0 aromatic heterocycles. The Balaban J connectivity index is 2.53. The molecule has 0 fully saturated rings. The van der Waals surface area contributed by atoms with Crippen molar-refractivity contribution in [2.24, 2.45) is 5.73 Å². The Hall–Kier alpha value is -0.380. The van der Waals surface area contributed by atoms with E-state index >= 15 is 0 Å². The molecule has 0 unspecified atom stereocenters. The Bertz CT molecular complexity index is 192. The molecule has 0 heterocycles. The van der Waals surface area contributed by atoms with Gasteiger partial charge in [-0.3, -0.25) is 0 Å². The van der Waals surface area contributed by atoms with Gasteiger partial charge in [0.15, 0.2) is 0 Å². The van der Waals surface area contributed by atoms with Gasteiger partial charge in [-0.1, -0.05) is 18.9 Å². The normalized spacial score (nSPS) is 26.9. The van der Waals surface area contributed by atoms with Crippen LogP contribution in [0.5, 0.6) is 0 Å². The number of aliphatic hydroxyl groups excluding tert-OH is 2. The lowest BCUT2D eigenvalue weighted by atomic mass is 9.93. The van der Waals surface area contributed by atoms with Crippen molar-refractivity contribution in [1.82, 2.24) is 0 Å². The van der Waals surface area contributed by atoms with Crippen molar-refractivity contribution < 1.29 is 10.2 Å². The molecule has 0 bridgehead atoms. The highest BCUT2D eigenvalue weighted by molar-refractivity contribution is 5.11. The lowest BCUT2D eigenvalue weighted by Crippen LogP contribution is -2.39. The molecule has 0 saturated carbocycles. The second-order valence-corrected chi connectivity index (χ2v) is 4.02. The molecule has 0 saturated heterocycles.